The van der Waals surface area contributed by atoms with Crippen LogP contribution in [0, 0.1) is 11.3 Å². The van der Waals surface area contributed by atoms with Crippen molar-refractivity contribution in [2.45, 2.75) is 26.8 Å². The number of nitrogen functional groups attached to an aromatic ring is 1. The summed E-state index contributed by atoms with van der Waals surface area (Å²) in [6, 6.07) is 0. The Labute approximate surface area is 71.8 Å². The van der Waals surface area contributed by atoms with Crippen molar-refractivity contribution >= 4 is 5.95 Å². The molecule has 0 aliphatic heterocycles. The van der Waals surface area contributed by atoms with Gasteiger partial charge in [-0.3, -0.25) is 4.68 Å². The fourth-order valence-corrected chi connectivity index (χ4v) is 1.51. The minimum atomic E-state index is 0.369. The molecule has 1 saturated carbocycles. The molecule has 1 heterocycles. The number of nitrogens with zero attached hydrogens (tertiary/aromatic N) is 3. The smallest absolute Gasteiger partial charge is 0.239 e. The Hall–Kier alpha value is -1.06. The third-order valence-corrected chi connectivity index (χ3v) is 2.68. The van der Waals surface area contributed by atoms with Crippen molar-refractivity contribution in [3.8, 4) is 0 Å². The molecule has 12 heavy (non-hydrogen) atoms. The van der Waals surface area contributed by atoms with Gasteiger partial charge in [-0.2, -0.15) is 0 Å². The van der Waals surface area contributed by atoms with E-state index in [9.17, 15) is 0 Å². The Kier molecular flexibility index (Phi) is 1.40. The zero-order chi connectivity index (χ0) is 8.77. The standard InChI is InChI=1S/C8H14N4/c1-8(2)3-6(8)4-12-5-10-7(9)11-12/h5-6H,3-4H2,1-2H3,(H2,9,11). The second-order valence-electron chi connectivity index (χ2n) is 4.21. The second-order valence-corrected chi connectivity index (χ2v) is 4.21. The summed E-state index contributed by atoms with van der Waals surface area (Å²) >= 11 is 0. The van der Waals surface area contributed by atoms with Crippen molar-refractivity contribution in [1.29, 1.82) is 0 Å². The van der Waals surface area contributed by atoms with Crippen LogP contribution in [0.5, 0.6) is 0 Å². The SMILES string of the molecule is CC1(C)CC1Cn1cnc(N)n1. The van der Waals surface area contributed by atoms with Gasteiger partial charge in [-0.25, -0.2) is 4.98 Å². The molecule has 1 fully saturated rings. The van der Waals surface area contributed by atoms with Gasteiger partial charge in [0.25, 0.3) is 0 Å². The Bertz CT molecular complexity index is 289. The highest BCUT2D eigenvalue weighted by molar-refractivity contribution is 5.09. The molecule has 1 unspecified atom stereocenters. The largest absolute Gasteiger partial charge is 0.367 e. The minimum absolute atomic E-state index is 0.369. The maximum Gasteiger partial charge on any atom is 0.239 e. The van der Waals surface area contributed by atoms with Crippen LogP contribution in [0.4, 0.5) is 5.95 Å². The van der Waals surface area contributed by atoms with Crippen LogP contribution < -0.4 is 5.73 Å². The zero-order valence-electron chi connectivity index (χ0n) is 7.49. The van der Waals surface area contributed by atoms with Crippen LogP contribution in [0.15, 0.2) is 6.33 Å². The number of aromatic nitrogens is 3. The van der Waals surface area contributed by atoms with Gasteiger partial charge in [-0.15, -0.1) is 5.10 Å². The number of anilines is 1. The van der Waals surface area contributed by atoms with Crippen LogP contribution in [-0.2, 0) is 6.54 Å². The molecule has 2 N–H and O–H groups in total. The molecule has 66 valence electrons. The van der Waals surface area contributed by atoms with Gasteiger partial charge in [0.2, 0.25) is 5.95 Å². The normalized spacial score (nSPS) is 25.7. The Morgan fingerprint density at radius 2 is 2.42 bits per heavy atom. The predicted molar refractivity (Wildman–Crippen MR) is 46.3 cm³/mol. The summed E-state index contributed by atoms with van der Waals surface area (Å²) in [5, 5.41) is 4.04. The molecule has 1 aliphatic rings. The van der Waals surface area contributed by atoms with Crippen molar-refractivity contribution in [3.05, 3.63) is 6.33 Å². The van der Waals surface area contributed by atoms with Crippen molar-refractivity contribution in [2.24, 2.45) is 11.3 Å². The molecule has 4 heteroatoms. The molecular weight excluding hydrogens is 152 g/mol. The van der Waals surface area contributed by atoms with Crippen LogP contribution in [-0.4, -0.2) is 14.8 Å². The first-order valence-electron chi connectivity index (χ1n) is 4.23. The second kappa shape index (κ2) is 2.21. The first-order valence-corrected chi connectivity index (χ1v) is 4.23. The van der Waals surface area contributed by atoms with Crippen LogP contribution in [0.1, 0.15) is 20.3 Å². The first kappa shape index (κ1) is 7.58. The van der Waals surface area contributed by atoms with E-state index in [0.717, 1.165) is 12.5 Å². The highest BCUT2D eigenvalue weighted by Crippen LogP contribution is 2.52. The highest BCUT2D eigenvalue weighted by Gasteiger charge is 2.45. The molecule has 0 saturated heterocycles. The monoisotopic (exact) mass is 166 g/mol. The van der Waals surface area contributed by atoms with E-state index >= 15 is 0 Å². The van der Waals surface area contributed by atoms with Crippen molar-refractivity contribution in [2.75, 3.05) is 5.73 Å². The molecule has 0 spiro atoms. The summed E-state index contributed by atoms with van der Waals surface area (Å²) in [6.07, 6.45) is 2.98. The van der Waals surface area contributed by atoms with Crippen LogP contribution in [0.2, 0.25) is 0 Å². The fourth-order valence-electron chi connectivity index (χ4n) is 1.51. The summed E-state index contributed by atoms with van der Waals surface area (Å²) in [4.78, 5) is 3.87. The number of hydrogen-bond donors (Lipinski definition) is 1. The molecule has 1 atom stereocenters. The van der Waals surface area contributed by atoms with Gasteiger partial charge in [0.1, 0.15) is 6.33 Å². The van der Waals surface area contributed by atoms with E-state index in [1.54, 1.807) is 6.33 Å². The third-order valence-electron chi connectivity index (χ3n) is 2.68. The maximum atomic E-state index is 5.40. The Morgan fingerprint density at radius 3 is 2.83 bits per heavy atom. The molecule has 4 nitrogen and oxygen atoms in total. The molecule has 1 aromatic heterocycles. The topological polar surface area (TPSA) is 56.7 Å². The minimum Gasteiger partial charge on any atom is -0.367 e. The lowest BCUT2D eigenvalue weighted by Crippen LogP contribution is -2.04. The molecule has 0 amide bonds. The van der Waals surface area contributed by atoms with E-state index in [1.807, 2.05) is 4.68 Å². The van der Waals surface area contributed by atoms with Gasteiger partial charge >= 0.3 is 0 Å². The van der Waals surface area contributed by atoms with Crippen molar-refractivity contribution in [3.63, 3.8) is 0 Å². The Morgan fingerprint density at radius 1 is 1.75 bits per heavy atom. The number of hydrogen-bond acceptors (Lipinski definition) is 3. The number of rotatable bonds is 2. The number of nitrogens with two attached hydrogens (primary N) is 1. The fraction of sp³-hybridized carbons (Fsp3) is 0.750. The molecule has 2 rings (SSSR count). The van der Waals surface area contributed by atoms with Gasteiger partial charge in [0, 0.05) is 6.54 Å². The quantitative estimate of drug-likeness (QED) is 0.710. The Balaban J connectivity index is 1.97. The lowest BCUT2D eigenvalue weighted by atomic mass is 10.1. The first-order chi connectivity index (χ1) is 5.58. The van der Waals surface area contributed by atoms with E-state index < -0.39 is 0 Å². The maximum absolute atomic E-state index is 5.40. The zero-order valence-corrected chi connectivity index (χ0v) is 7.49. The van der Waals surface area contributed by atoms with E-state index in [0.29, 0.717) is 11.4 Å². The van der Waals surface area contributed by atoms with E-state index in [-0.39, 0.29) is 0 Å². The molecule has 0 aromatic carbocycles. The summed E-state index contributed by atoms with van der Waals surface area (Å²) < 4.78 is 1.83. The van der Waals surface area contributed by atoms with Crippen LogP contribution in [0.3, 0.4) is 0 Å². The third kappa shape index (κ3) is 1.29. The van der Waals surface area contributed by atoms with E-state index in [1.165, 1.54) is 6.42 Å². The molecule has 1 aliphatic carbocycles. The van der Waals surface area contributed by atoms with E-state index in [4.69, 9.17) is 5.73 Å². The van der Waals surface area contributed by atoms with Gasteiger partial charge < -0.3 is 5.73 Å². The molecule has 0 bridgehead atoms. The van der Waals surface area contributed by atoms with Gasteiger partial charge in [0.05, 0.1) is 0 Å². The van der Waals surface area contributed by atoms with Gasteiger partial charge in [-0.1, -0.05) is 13.8 Å². The van der Waals surface area contributed by atoms with Crippen molar-refractivity contribution < 1.29 is 0 Å². The van der Waals surface area contributed by atoms with Crippen LogP contribution >= 0.6 is 0 Å². The molecular formula is C8H14N4. The summed E-state index contributed by atoms with van der Waals surface area (Å²) in [5.41, 5.74) is 5.90. The lowest BCUT2D eigenvalue weighted by molar-refractivity contribution is 0.472. The van der Waals surface area contributed by atoms with Crippen molar-refractivity contribution in [1.82, 2.24) is 14.8 Å². The average molecular weight is 166 g/mol. The summed E-state index contributed by atoms with van der Waals surface area (Å²) in [6.45, 7) is 5.51. The summed E-state index contributed by atoms with van der Waals surface area (Å²) in [5.74, 6) is 1.12. The average Bonchev–Trinajstić information content (AvgIpc) is 2.41. The van der Waals surface area contributed by atoms with Gasteiger partial charge in [0.15, 0.2) is 0 Å². The lowest BCUT2D eigenvalue weighted by Gasteiger charge is -2.01. The van der Waals surface area contributed by atoms with E-state index in [2.05, 4.69) is 23.9 Å². The summed E-state index contributed by atoms with van der Waals surface area (Å²) in [7, 11) is 0. The highest BCUT2D eigenvalue weighted by atomic mass is 15.4. The predicted octanol–water partition coefficient (Wildman–Crippen LogP) is 0.906. The van der Waals surface area contributed by atoms with Gasteiger partial charge in [-0.05, 0) is 17.8 Å². The van der Waals surface area contributed by atoms with Crippen LogP contribution in [0.25, 0.3) is 0 Å². The molecule has 0 radical (unpaired) electrons. The molecule has 1 aromatic rings.